The number of allylic oxidation sites excluding steroid dienone is 1. The number of ketones is 1. The molecule has 0 unspecified atom stereocenters. The second kappa shape index (κ2) is 3.98. The molecule has 0 radical (unpaired) electrons. The first-order chi connectivity index (χ1) is 3.77. The van der Waals surface area contributed by atoms with Crippen molar-refractivity contribution in [1.82, 2.24) is 0 Å². The van der Waals surface area contributed by atoms with Gasteiger partial charge in [-0.1, -0.05) is 0 Å². The van der Waals surface area contributed by atoms with E-state index in [4.69, 9.17) is 4.91 Å². The van der Waals surface area contributed by atoms with Crippen LogP contribution in [0.5, 0.6) is 0 Å². The Labute approximate surface area is 46.1 Å². The third-order valence-corrected chi connectivity index (χ3v) is 0.407. The Kier molecular flexibility index (Phi) is 3.39. The van der Waals surface area contributed by atoms with Gasteiger partial charge in [0.15, 0.2) is 11.1 Å². The molecule has 0 aromatic carbocycles. The molecule has 4 nitrogen and oxygen atoms in total. The standard InChI is InChI=1S/C4H5NO3/c1-4(6)2-3-8-5-7/h2-3H,1H3/b3-2+. The molecule has 0 N–H and O–H groups in total. The normalized spacial score (nSPS) is 9.12. The maximum absolute atomic E-state index is 10.0. The number of hydrogen-bond acceptors (Lipinski definition) is 4. The van der Waals surface area contributed by atoms with E-state index in [0.29, 0.717) is 0 Å². The fraction of sp³-hybridized carbons (Fsp3) is 0.250. The fourth-order valence-electron chi connectivity index (χ4n) is 0.151. The number of nitrogens with zero attached hydrogens (tertiary/aromatic N) is 1. The second-order valence-corrected chi connectivity index (χ2v) is 1.09. The average Bonchev–Trinajstić information content (AvgIpc) is 1.66. The molecule has 0 spiro atoms. The molecular formula is C4H5NO3. The van der Waals surface area contributed by atoms with Gasteiger partial charge in [0.05, 0.1) is 0 Å². The number of rotatable bonds is 3. The van der Waals surface area contributed by atoms with Crippen LogP contribution in [0.15, 0.2) is 17.7 Å². The zero-order chi connectivity index (χ0) is 6.41. The summed E-state index contributed by atoms with van der Waals surface area (Å²) in [6, 6.07) is 0. The van der Waals surface area contributed by atoms with Gasteiger partial charge in [0.25, 0.3) is 0 Å². The largest absolute Gasteiger partial charge is 0.332 e. The molecule has 0 amide bonds. The van der Waals surface area contributed by atoms with Crippen LogP contribution in [0, 0.1) is 4.91 Å². The van der Waals surface area contributed by atoms with Crippen molar-refractivity contribution in [3.05, 3.63) is 17.2 Å². The van der Waals surface area contributed by atoms with Crippen LogP contribution in [-0.2, 0) is 9.63 Å². The fourth-order valence-corrected chi connectivity index (χ4v) is 0.151. The molecule has 44 valence electrons. The van der Waals surface area contributed by atoms with Crippen LogP contribution >= 0.6 is 0 Å². The van der Waals surface area contributed by atoms with E-state index in [1.54, 1.807) is 0 Å². The van der Waals surface area contributed by atoms with E-state index in [1.807, 2.05) is 5.34 Å². The van der Waals surface area contributed by atoms with Gasteiger partial charge in [-0.25, -0.2) is 0 Å². The van der Waals surface area contributed by atoms with Gasteiger partial charge in [-0.3, -0.25) is 4.79 Å². The molecule has 8 heavy (non-hydrogen) atoms. The SMILES string of the molecule is CC(=O)/C=C/ON=O. The topological polar surface area (TPSA) is 55.7 Å². The van der Waals surface area contributed by atoms with Crippen molar-refractivity contribution in [2.45, 2.75) is 6.92 Å². The van der Waals surface area contributed by atoms with Gasteiger partial charge < -0.3 is 4.84 Å². The number of carbonyl (C=O) groups excluding carboxylic acids is 1. The van der Waals surface area contributed by atoms with Gasteiger partial charge in [0, 0.05) is 6.08 Å². The molecule has 4 heteroatoms. The highest BCUT2D eigenvalue weighted by molar-refractivity contribution is 5.86. The lowest BCUT2D eigenvalue weighted by atomic mass is 10.4. The monoisotopic (exact) mass is 115 g/mol. The van der Waals surface area contributed by atoms with Crippen molar-refractivity contribution in [3.63, 3.8) is 0 Å². The molecule has 0 fully saturated rings. The summed E-state index contributed by atoms with van der Waals surface area (Å²) in [5, 5.41) is 2.02. The summed E-state index contributed by atoms with van der Waals surface area (Å²) in [6.07, 6.45) is 2.02. The molecule has 0 saturated heterocycles. The Hall–Kier alpha value is -1.19. The van der Waals surface area contributed by atoms with Crippen molar-refractivity contribution in [1.29, 1.82) is 0 Å². The van der Waals surface area contributed by atoms with Gasteiger partial charge in [-0.15, -0.1) is 4.91 Å². The molecular weight excluding hydrogens is 110 g/mol. The van der Waals surface area contributed by atoms with Gasteiger partial charge in [0.2, 0.25) is 0 Å². The third-order valence-electron chi connectivity index (χ3n) is 0.407. The Morgan fingerprint density at radius 3 is 2.75 bits per heavy atom. The maximum atomic E-state index is 10.0. The van der Waals surface area contributed by atoms with Gasteiger partial charge >= 0.3 is 0 Å². The minimum absolute atomic E-state index is 0.186. The van der Waals surface area contributed by atoms with E-state index < -0.39 is 0 Å². The Morgan fingerprint density at radius 1 is 1.75 bits per heavy atom. The minimum Gasteiger partial charge on any atom is -0.332 e. The molecule has 0 aliphatic heterocycles. The van der Waals surface area contributed by atoms with Gasteiger partial charge in [0.1, 0.15) is 6.26 Å². The summed E-state index contributed by atoms with van der Waals surface area (Å²) in [6.45, 7) is 1.34. The maximum Gasteiger partial charge on any atom is 0.160 e. The molecule has 0 aromatic rings. The van der Waals surface area contributed by atoms with Crippen LogP contribution in [0.3, 0.4) is 0 Å². The summed E-state index contributed by atoms with van der Waals surface area (Å²) in [5.74, 6) is -0.186. The molecule has 0 saturated carbocycles. The second-order valence-electron chi connectivity index (χ2n) is 1.09. The van der Waals surface area contributed by atoms with E-state index in [1.165, 1.54) is 6.92 Å². The first-order valence-corrected chi connectivity index (χ1v) is 1.93. The van der Waals surface area contributed by atoms with Crippen LogP contribution in [-0.4, -0.2) is 5.78 Å². The molecule has 0 aliphatic rings. The highest BCUT2D eigenvalue weighted by atomic mass is 16.7. The Bertz CT molecular complexity index is 118. The first kappa shape index (κ1) is 6.81. The highest BCUT2D eigenvalue weighted by Gasteiger charge is 1.78. The predicted octanol–water partition coefficient (Wildman–Crippen LogP) is 0.787. The zero-order valence-electron chi connectivity index (χ0n) is 4.33. The zero-order valence-corrected chi connectivity index (χ0v) is 4.33. The lowest BCUT2D eigenvalue weighted by molar-refractivity contribution is -0.112. The molecule has 0 heterocycles. The van der Waals surface area contributed by atoms with Crippen LogP contribution in [0.1, 0.15) is 6.92 Å². The van der Waals surface area contributed by atoms with Crippen molar-refractivity contribution >= 4 is 5.78 Å². The summed E-state index contributed by atoms with van der Waals surface area (Å²) in [4.78, 5) is 23.0. The molecule has 0 bridgehead atoms. The summed E-state index contributed by atoms with van der Waals surface area (Å²) in [7, 11) is 0. The Morgan fingerprint density at radius 2 is 2.38 bits per heavy atom. The lowest BCUT2D eigenvalue weighted by Gasteiger charge is -1.76. The summed E-state index contributed by atoms with van der Waals surface area (Å²) in [5.41, 5.74) is 0. The van der Waals surface area contributed by atoms with E-state index >= 15 is 0 Å². The number of hydrogen-bond donors (Lipinski definition) is 0. The van der Waals surface area contributed by atoms with Crippen molar-refractivity contribution in [2.75, 3.05) is 0 Å². The molecule has 0 rings (SSSR count). The highest BCUT2D eigenvalue weighted by Crippen LogP contribution is 1.77. The minimum atomic E-state index is -0.186. The van der Waals surface area contributed by atoms with Crippen LogP contribution < -0.4 is 0 Å². The van der Waals surface area contributed by atoms with Crippen molar-refractivity contribution in [2.24, 2.45) is 5.34 Å². The molecule has 0 aromatic heterocycles. The Balaban J connectivity index is 3.34. The van der Waals surface area contributed by atoms with E-state index in [0.717, 1.165) is 12.3 Å². The number of carbonyl (C=O) groups is 1. The van der Waals surface area contributed by atoms with E-state index in [-0.39, 0.29) is 5.78 Å². The first-order valence-electron chi connectivity index (χ1n) is 1.93. The van der Waals surface area contributed by atoms with Crippen molar-refractivity contribution in [3.8, 4) is 0 Å². The third kappa shape index (κ3) is 4.81. The van der Waals surface area contributed by atoms with Gasteiger partial charge in [-0.2, -0.15) is 0 Å². The van der Waals surface area contributed by atoms with E-state index in [2.05, 4.69) is 4.84 Å². The smallest absolute Gasteiger partial charge is 0.160 e. The van der Waals surface area contributed by atoms with Crippen LogP contribution in [0.2, 0.25) is 0 Å². The average molecular weight is 115 g/mol. The van der Waals surface area contributed by atoms with E-state index in [9.17, 15) is 4.79 Å². The van der Waals surface area contributed by atoms with Gasteiger partial charge in [-0.05, 0) is 6.92 Å². The molecule has 0 atom stereocenters. The van der Waals surface area contributed by atoms with Crippen LogP contribution in [0.4, 0.5) is 0 Å². The predicted molar refractivity (Wildman–Crippen MR) is 26.7 cm³/mol. The molecule has 0 aliphatic carbocycles. The summed E-state index contributed by atoms with van der Waals surface area (Å²) >= 11 is 0. The van der Waals surface area contributed by atoms with Crippen LogP contribution in [0.25, 0.3) is 0 Å². The van der Waals surface area contributed by atoms with Crippen molar-refractivity contribution < 1.29 is 9.63 Å². The lowest BCUT2D eigenvalue weighted by Crippen LogP contribution is -1.78. The quantitative estimate of drug-likeness (QED) is 0.236. The summed E-state index contributed by atoms with van der Waals surface area (Å²) < 4.78 is 0.